The van der Waals surface area contributed by atoms with Crippen LogP contribution in [0.1, 0.15) is 20.3 Å². The molecule has 56 valence electrons. The minimum atomic E-state index is -0.0832. The molecule has 0 heterocycles. The first kappa shape index (κ1) is 8.80. The van der Waals surface area contributed by atoms with Gasteiger partial charge in [0.15, 0.2) is 0 Å². The van der Waals surface area contributed by atoms with Crippen molar-refractivity contribution in [2.75, 3.05) is 0 Å². The monoisotopic (exact) mass is 138 g/mol. The Balaban J connectivity index is 2.88. The molecule has 0 fully saturated rings. The third-order valence-corrected chi connectivity index (χ3v) is 0.837. The van der Waals surface area contributed by atoms with Crippen LogP contribution >= 0.6 is 0 Å². The summed E-state index contributed by atoms with van der Waals surface area (Å²) in [5.74, 6) is 0. The maximum atomic E-state index is 7.52. The van der Waals surface area contributed by atoms with Crippen LogP contribution in [0.15, 0.2) is 0 Å². The lowest BCUT2D eigenvalue weighted by Gasteiger charge is -2.03. The maximum absolute atomic E-state index is 7.52. The van der Waals surface area contributed by atoms with Gasteiger partial charge in [0, 0.05) is 0 Å². The van der Waals surface area contributed by atoms with E-state index in [0.29, 0.717) is 0 Å². The summed E-state index contributed by atoms with van der Waals surface area (Å²) in [7, 11) is 0. The van der Waals surface area contributed by atoms with Crippen molar-refractivity contribution in [2.24, 2.45) is 0 Å². The molecule has 9 heavy (non-hydrogen) atoms. The van der Waals surface area contributed by atoms with Crippen LogP contribution in [-0.4, -0.2) is 11.4 Å². The van der Waals surface area contributed by atoms with Crippen molar-refractivity contribution in [3.05, 3.63) is 0 Å². The lowest BCUT2D eigenvalue weighted by atomic mass is 10.3. The molecule has 0 bridgehead atoms. The van der Waals surface area contributed by atoms with Crippen molar-refractivity contribution in [3.63, 3.8) is 0 Å². The smallest absolute Gasteiger partial charge is 0.0931 e. The first-order chi connectivity index (χ1) is 4.31. The molecule has 0 saturated heterocycles. The van der Waals surface area contributed by atoms with E-state index >= 15 is 0 Å². The molecule has 5 nitrogen and oxygen atoms in total. The van der Waals surface area contributed by atoms with E-state index < -0.39 is 0 Å². The maximum Gasteiger partial charge on any atom is 0.0931 e. The van der Waals surface area contributed by atoms with E-state index in [-0.39, 0.29) is 6.10 Å². The molecule has 0 aliphatic rings. The number of hydrogen-bond donors (Lipinski definition) is 1. The molecule has 1 N–H and O–H groups in total. The van der Waals surface area contributed by atoms with Gasteiger partial charge >= 0.3 is 0 Å². The van der Waals surface area contributed by atoms with Crippen molar-refractivity contribution in [3.8, 4) is 0 Å². The second kappa shape index (κ2) is 5.93. The summed E-state index contributed by atoms with van der Waals surface area (Å²) in [4.78, 5) is 4.42. The number of rotatable bonds is 5. The fourth-order valence-corrected chi connectivity index (χ4v) is 0.164. The van der Waals surface area contributed by atoms with Crippen LogP contribution in [0.25, 0.3) is 0 Å². The zero-order valence-electron chi connectivity index (χ0n) is 5.36. The highest BCUT2D eigenvalue weighted by atomic mass is 17.8. The first-order valence-corrected chi connectivity index (χ1v) is 2.61. The van der Waals surface area contributed by atoms with Crippen molar-refractivity contribution in [1.82, 2.24) is 0 Å². The molecule has 0 aliphatic carbocycles. The summed E-state index contributed by atoms with van der Waals surface area (Å²) in [6.07, 6.45) is 0.703. The van der Waals surface area contributed by atoms with Crippen LogP contribution in [0.4, 0.5) is 0 Å². The summed E-state index contributed by atoms with van der Waals surface area (Å²) in [5, 5.41) is 18.0. The summed E-state index contributed by atoms with van der Waals surface area (Å²) in [5.41, 5.74) is 0. The van der Waals surface area contributed by atoms with E-state index in [1.54, 1.807) is 6.92 Å². The molecular formula is C4H10O5. The molecule has 0 aliphatic heterocycles. The molecule has 0 aromatic heterocycles. The molecule has 0 saturated carbocycles. The average molecular weight is 138 g/mol. The Bertz CT molecular complexity index is 56.9. The van der Waals surface area contributed by atoms with Gasteiger partial charge < -0.3 is 0 Å². The van der Waals surface area contributed by atoms with Gasteiger partial charge in [-0.1, -0.05) is 6.92 Å². The molecule has 0 amide bonds. The Morgan fingerprint density at radius 2 is 2.11 bits per heavy atom. The summed E-state index contributed by atoms with van der Waals surface area (Å²) in [6, 6.07) is 0. The van der Waals surface area contributed by atoms with Crippen LogP contribution in [0, 0.1) is 0 Å². The standard InChI is InChI=1S/C4H10O5/c1-3-4(2)6-8-9-7-5/h4-5H,3H2,1-2H3. The third kappa shape index (κ3) is 5.67. The third-order valence-electron chi connectivity index (χ3n) is 0.837. The van der Waals surface area contributed by atoms with Gasteiger partial charge in [-0.15, -0.1) is 0 Å². The van der Waals surface area contributed by atoms with Crippen molar-refractivity contribution in [1.29, 1.82) is 0 Å². The molecule has 0 spiro atoms. The Kier molecular flexibility index (Phi) is 5.80. The molecular weight excluding hydrogens is 128 g/mol. The van der Waals surface area contributed by atoms with Crippen LogP contribution in [0.5, 0.6) is 0 Å². The van der Waals surface area contributed by atoms with Gasteiger partial charge in [-0.2, -0.15) is 0 Å². The lowest BCUT2D eigenvalue weighted by molar-refractivity contribution is -0.706. The molecule has 1 atom stereocenters. The van der Waals surface area contributed by atoms with Crippen LogP contribution in [-0.2, 0) is 20.0 Å². The van der Waals surface area contributed by atoms with E-state index in [2.05, 4.69) is 20.0 Å². The minimum absolute atomic E-state index is 0.0832. The van der Waals surface area contributed by atoms with E-state index in [9.17, 15) is 0 Å². The van der Waals surface area contributed by atoms with Crippen molar-refractivity contribution in [2.45, 2.75) is 26.4 Å². The fraction of sp³-hybridized carbons (Fsp3) is 1.00. The van der Waals surface area contributed by atoms with Crippen LogP contribution in [0.3, 0.4) is 0 Å². The zero-order chi connectivity index (χ0) is 7.11. The van der Waals surface area contributed by atoms with Gasteiger partial charge in [0.05, 0.1) is 6.10 Å². The number of hydrogen-bond acceptors (Lipinski definition) is 5. The second-order valence-electron chi connectivity index (χ2n) is 1.53. The second-order valence-corrected chi connectivity index (χ2v) is 1.53. The molecule has 0 rings (SSSR count). The van der Waals surface area contributed by atoms with E-state index in [0.717, 1.165) is 6.42 Å². The van der Waals surface area contributed by atoms with Crippen LogP contribution in [0.2, 0.25) is 0 Å². The largest absolute Gasteiger partial charge is 0.219 e. The van der Waals surface area contributed by atoms with Crippen molar-refractivity contribution >= 4 is 0 Å². The summed E-state index contributed by atoms with van der Waals surface area (Å²) in [6.45, 7) is 3.69. The highest BCUT2D eigenvalue weighted by molar-refractivity contribution is 4.37. The Hall–Kier alpha value is -0.200. The predicted molar refractivity (Wildman–Crippen MR) is 26.7 cm³/mol. The fourth-order valence-electron chi connectivity index (χ4n) is 0.164. The zero-order valence-corrected chi connectivity index (χ0v) is 5.36. The SMILES string of the molecule is CCC(C)OOOOO. The van der Waals surface area contributed by atoms with Crippen molar-refractivity contribution < 1.29 is 25.3 Å². The summed E-state index contributed by atoms with van der Waals surface area (Å²) >= 11 is 0. The van der Waals surface area contributed by atoms with Crippen LogP contribution < -0.4 is 0 Å². The van der Waals surface area contributed by atoms with E-state index in [1.807, 2.05) is 6.92 Å². The molecule has 0 aromatic rings. The quantitative estimate of drug-likeness (QED) is 0.350. The van der Waals surface area contributed by atoms with Gasteiger partial charge in [-0.25, -0.2) is 10.1 Å². The average Bonchev–Trinajstić information content (AvgIpc) is 1.89. The van der Waals surface area contributed by atoms with E-state index in [1.165, 1.54) is 0 Å². The Morgan fingerprint density at radius 1 is 1.44 bits per heavy atom. The van der Waals surface area contributed by atoms with Gasteiger partial charge in [0.25, 0.3) is 0 Å². The Morgan fingerprint density at radius 3 is 2.56 bits per heavy atom. The van der Waals surface area contributed by atoms with Gasteiger partial charge in [-0.05, 0) is 28.5 Å². The van der Waals surface area contributed by atoms with Gasteiger partial charge in [0.2, 0.25) is 0 Å². The summed E-state index contributed by atoms with van der Waals surface area (Å²) < 4.78 is 0. The minimum Gasteiger partial charge on any atom is -0.219 e. The highest BCUT2D eigenvalue weighted by Gasteiger charge is 1.98. The van der Waals surface area contributed by atoms with Gasteiger partial charge in [-0.3, -0.25) is 0 Å². The molecule has 0 radical (unpaired) electrons. The van der Waals surface area contributed by atoms with Gasteiger partial charge in [0.1, 0.15) is 0 Å². The Labute approximate surface area is 52.8 Å². The normalized spacial score (nSPS) is 13.7. The highest BCUT2D eigenvalue weighted by Crippen LogP contribution is 1.95. The van der Waals surface area contributed by atoms with E-state index in [4.69, 9.17) is 5.26 Å². The molecule has 1 unspecified atom stereocenters. The predicted octanol–water partition coefficient (Wildman–Crippen LogP) is 1.07. The topological polar surface area (TPSA) is 57.2 Å². The first-order valence-electron chi connectivity index (χ1n) is 2.61. The molecule has 0 aromatic carbocycles. The molecule has 5 heteroatoms. The lowest BCUT2D eigenvalue weighted by Crippen LogP contribution is -2.07.